The Labute approximate surface area is 197 Å². The third kappa shape index (κ3) is 6.19. The van der Waals surface area contributed by atoms with E-state index in [9.17, 15) is 8.42 Å². The van der Waals surface area contributed by atoms with Crippen LogP contribution in [0.1, 0.15) is 44.6 Å². The largest absolute Gasteiger partial charge is 0.305 e. The van der Waals surface area contributed by atoms with Crippen LogP contribution in [0.5, 0.6) is 0 Å². The Morgan fingerprint density at radius 1 is 1.03 bits per heavy atom. The van der Waals surface area contributed by atoms with Crippen LogP contribution in [0.15, 0.2) is 63.1 Å². The first-order valence-corrected chi connectivity index (χ1v) is 13.3. The number of rotatable bonds is 8. The van der Waals surface area contributed by atoms with Gasteiger partial charge in [-0.15, -0.1) is 10.2 Å². The molecular formula is C22H27BrN4O2S2. The van der Waals surface area contributed by atoms with Gasteiger partial charge in [0.2, 0.25) is 10.0 Å². The molecule has 3 aromatic rings. The van der Waals surface area contributed by atoms with Gasteiger partial charge in [-0.3, -0.25) is 0 Å². The quantitative estimate of drug-likeness (QED) is 0.415. The minimum Gasteiger partial charge on any atom is -0.305 e. The molecule has 166 valence electrons. The predicted octanol–water partition coefficient (Wildman–Crippen LogP) is 5.13. The fraction of sp³-hybridized carbons (Fsp3) is 0.364. The second-order valence-electron chi connectivity index (χ2n) is 8.16. The average Bonchev–Trinajstić information content (AvgIpc) is 3.12. The van der Waals surface area contributed by atoms with Gasteiger partial charge in [0, 0.05) is 16.8 Å². The van der Waals surface area contributed by atoms with Gasteiger partial charge in [0.15, 0.2) is 5.16 Å². The molecule has 0 fully saturated rings. The molecule has 0 aliphatic rings. The van der Waals surface area contributed by atoms with Crippen molar-refractivity contribution >= 4 is 37.7 Å². The van der Waals surface area contributed by atoms with Gasteiger partial charge >= 0.3 is 0 Å². The molecule has 6 nitrogen and oxygen atoms in total. The summed E-state index contributed by atoms with van der Waals surface area (Å²) in [6.45, 7) is 9.35. The normalized spacial score (nSPS) is 12.3. The molecule has 0 amide bonds. The second-order valence-corrected chi connectivity index (χ2v) is 11.8. The van der Waals surface area contributed by atoms with Crippen molar-refractivity contribution in [3.05, 3.63) is 70.0 Å². The van der Waals surface area contributed by atoms with E-state index in [-0.39, 0.29) is 16.9 Å². The van der Waals surface area contributed by atoms with Gasteiger partial charge in [-0.2, -0.15) is 0 Å². The topological polar surface area (TPSA) is 76.9 Å². The van der Waals surface area contributed by atoms with Gasteiger partial charge in [-0.05, 0) is 47.7 Å². The first-order valence-electron chi connectivity index (χ1n) is 9.99. The van der Waals surface area contributed by atoms with Crippen LogP contribution < -0.4 is 4.72 Å². The summed E-state index contributed by atoms with van der Waals surface area (Å²) in [5, 5.41) is 9.27. The van der Waals surface area contributed by atoms with Crippen LogP contribution in [0.25, 0.3) is 0 Å². The van der Waals surface area contributed by atoms with Crippen molar-refractivity contribution in [2.75, 3.05) is 0 Å². The maximum atomic E-state index is 12.5. The summed E-state index contributed by atoms with van der Waals surface area (Å²) in [7, 11) is -3.62. The monoisotopic (exact) mass is 522 g/mol. The van der Waals surface area contributed by atoms with E-state index in [1.54, 1.807) is 36.0 Å². The molecular weight excluding hydrogens is 496 g/mol. The number of hydrogen-bond donors (Lipinski definition) is 1. The number of benzene rings is 2. The summed E-state index contributed by atoms with van der Waals surface area (Å²) in [6.07, 6.45) is 0. The molecule has 31 heavy (non-hydrogen) atoms. The van der Waals surface area contributed by atoms with E-state index < -0.39 is 10.0 Å². The Balaban J connectivity index is 1.66. The third-order valence-corrected chi connectivity index (χ3v) is 7.83. The Morgan fingerprint density at radius 2 is 1.68 bits per heavy atom. The lowest BCUT2D eigenvalue weighted by molar-refractivity contribution is 0.572. The van der Waals surface area contributed by atoms with Gasteiger partial charge in [0.1, 0.15) is 5.82 Å². The molecule has 0 saturated heterocycles. The Morgan fingerprint density at radius 3 is 2.26 bits per heavy atom. The van der Waals surface area contributed by atoms with Crippen molar-refractivity contribution in [2.24, 2.45) is 0 Å². The van der Waals surface area contributed by atoms with Crippen molar-refractivity contribution in [3.8, 4) is 0 Å². The summed E-state index contributed by atoms with van der Waals surface area (Å²) in [6, 6.07) is 15.1. The smallest absolute Gasteiger partial charge is 0.240 e. The molecule has 0 saturated carbocycles. The Bertz CT molecular complexity index is 1120. The van der Waals surface area contributed by atoms with Gasteiger partial charge < -0.3 is 4.57 Å². The summed E-state index contributed by atoms with van der Waals surface area (Å²) >= 11 is 4.91. The van der Waals surface area contributed by atoms with Gasteiger partial charge in [-0.25, -0.2) is 13.1 Å². The number of nitrogens with one attached hydrogen (secondary N) is 1. The number of nitrogens with zero attached hydrogens (tertiary/aromatic N) is 3. The van der Waals surface area contributed by atoms with Crippen LogP contribution in [-0.2, 0) is 34.3 Å². The lowest BCUT2D eigenvalue weighted by Crippen LogP contribution is -2.25. The van der Waals surface area contributed by atoms with E-state index in [4.69, 9.17) is 0 Å². The molecule has 0 unspecified atom stereocenters. The van der Waals surface area contributed by atoms with Gasteiger partial charge in [0.05, 0.1) is 11.4 Å². The molecule has 1 N–H and O–H groups in total. The van der Waals surface area contributed by atoms with Crippen LogP contribution in [0, 0.1) is 0 Å². The first kappa shape index (κ1) is 24.0. The highest BCUT2D eigenvalue weighted by Crippen LogP contribution is 2.26. The minimum absolute atomic E-state index is 0.0834. The van der Waals surface area contributed by atoms with Gasteiger partial charge in [-0.1, -0.05) is 72.7 Å². The van der Waals surface area contributed by atoms with Crippen molar-refractivity contribution < 1.29 is 8.42 Å². The van der Waals surface area contributed by atoms with E-state index in [1.165, 1.54) is 11.1 Å². The second kappa shape index (κ2) is 9.85. The highest BCUT2D eigenvalue weighted by atomic mass is 79.9. The van der Waals surface area contributed by atoms with Crippen molar-refractivity contribution in [1.82, 2.24) is 19.5 Å². The SMILES string of the molecule is CCn1c(CNS(=O)(=O)c2ccc(Br)cc2)nnc1SCc1ccc(C(C)(C)C)cc1. The first-order chi connectivity index (χ1) is 14.6. The zero-order valence-electron chi connectivity index (χ0n) is 18.1. The standard InChI is InChI=1S/C22H27BrN4O2S2/c1-5-27-20(14-24-31(28,29)19-12-10-18(23)11-13-19)25-26-21(27)30-15-16-6-8-17(9-7-16)22(2,3)4/h6-13,24H,5,14-15H2,1-4H3. The maximum Gasteiger partial charge on any atom is 0.240 e. The number of thioether (sulfide) groups is 1. The average molecular weight is 524 g/mol. The molecule has 0 bridgehead atoms. The Kier molecular flexibility index (Phi) is 7.62. The van der Waals surface area contributed by atoms with E-state index in [0.717, 1.165) is 15.4 Å². The Hall–Kier alpha value is -1.68. The van der Waals surface area contributed by atoms with Crippen LogP contribution in [-0.4, -0.2) is 23.2 Å². The van der Waals surface area contributed by atoms with Crippen LogP contribution in [0.3, 0.4) is 0 Å². The molecule has 0 aliphatic heterocycles. The van der Waals surface area contributed by atoms with Crippen LogP contribution >= 0.6 is 27.7 Å². The molecule has 0 aliphatic carbocycles. The van der Waals surface area contributed by atoms with Crippen LogP contribution in [0.4, 0.5) is 0 Å². The summed E-state index contributed by atoms with van der Waals surface area (Å²) in [5.74, 6) is 1.36. The van der Waals surface area contributed by atoms with Crippen molar-refractivity contribution in [1.29, 1.82) is 0 Å². The molecule has 1 heterocycles. The zero-order chi connectivity index (χ0) is 22.6. The summed E-state index contributed by atoms with van der Waals surface area (Å²) < 4.78 is 30.5. The van der Waals surface area contributed by atoms with E-state index in [0.29, 0.717) is 12.4 Å². The number of hydrogen-bond acceptors (Lipinski definition) is 5. The fourth-order valence-electron chi connectivity index (χ4n) is 2.98. The van der Waals surface area contributed by atoms with E-state index in [1.807, 2.05) is 11.5 Å². The number of halogens is 1. The third-order valence-electron chi connectivity index (χ3n) is 4.84. The molecule has 3 rings (SSSR count). The lowest BCUT2D eigenvalue weighted by Gasteiger charge is -2.19. The van der Waals surface area contributed by atoms with E-state index >= 15 is 0 Å². The summed E-state index contributed by atoms with van der Waals surface area (Å²) in [4.78, 5) is 0.214. The molecule has 2 aromatic carbocycles. The highest BCUT2D eigenvalue weighted by molar-refractivity contribution is 9.10. The van der Waals surface area contributed by atoms with Crippen molar-refractivity contribution in [2.45, 2.75) is 62.0 Å². The van der Waals surface area contributed by atoms with E-state index in [2.05, 4.69) is 75.9 Å². The fourth-order valence-corrected chi connectivity index (χ4v) is 5.20. The number of aromatic nitrogens is 3. The molecule has 0 spiro atoms. The maximum absolute atomic E-state index is 12.5. The number of sulfonamides is 1. The van der Waals surface area contributed by atoms with Crippen LogP contribution in [0.2, 0.25) is 0 Å². The minimum atomic E-state index is -3.62. The molecule has 0 atom stereocenters. The highest BCUT2D eigenvalue weighted by Gasteiger charge is 2.18. The lowest BCUT2D eigenvalue weighted by atomic mass is 9.87. The summed E-state index contributed by atoms with van der Waals surface area (Å²) in [5.41, 5.74) is 2.64. The zero-order valence-corrected chi connectivity index (χ0v) is 21.3. The molecule has 1 aromatic heterocycles. The molecule has 0 radical (unpaired) electrons. The molecule has 9 heteroatoms. The van der Waals surface area contributed by atoms with Crippen molar-refractivity contribution in [3.63, 3.8) is 0 Å². The van der Waals surface area contributed by atoms with Gasteiger partial charge in [0.25, 0.3) is 0 Å². The predicted molar refractivity (Wildman–Crippen MR) is 129 cm³/mol.